The fourth-order valence-electron chi connectivity index (χ4n) is 2.50. The summed E-state index contributed by atoms with van der Waals surface area (Å²) in [4.78, 5) is 28.4. The fraction of sp³-hybridized carbons (Fsp3) is 0.150. The topological polar surface area (TPSA) is 68.3 Å². The molecule has 1 heterocycles. The predicted octanol–water partition coefficient (Wildman–Crippen LogP) is 3.63. The first-order chi connectivity index (χ1) is 12.9. The van der Waals surface area contributed by atoms with Crippen molar-refractivity contribution in [1.29, 1.82) is 0 Å². The third-order valence-corrected chi connectivity index (χ3v) is 3.86. The van der Waals surface area contributed by atoms with Gasteiger partial charge in [0.2, 0.25) is 0 Å². The van der Waals surface area contributed by atoms with Crippen LogP contribution in [0.4, 0.5) is 14.5 Å². The molecular formula is C20H16F2N2O3. The van der Waals surface area contributed by atoms with Gasteiger partial charge in [0.25, 0.3) is 5.91 Å². The molecule has 138 valence electrons. The van der Waals surface area contributed by atoms with Gasteiger partial charge in [-0.3, -0.25) is 14.6 Å². The Morgan fingerprint density at radius 2 is 1.93 bits per heavy atom. The maximum atomic E-state index is 13.6. The molecule has 0 aliphatic carbocycles. The number of nitrogens with one attached hydrogen (secondary N) is 1. The van der Waals surface area contributed by atoms with Crippen LogP contribution in [0.1, 0.15) is 12.5 Å². The van der Waals surface area contributed by atoms with Crippen molar-refractivity contribution in [3.8, 4) is 0 Å². The Kier molecular flexibility index (Phi) is 5.40. The molecule has 7 heteroatoms. The highest BCUT2D eigenvalue weighted by Crippen LogP contribution is 2.16. The van der Waals surface area contributed by atoms with E-state index in [1.807, 2.05) is 30.3 Å². The van der Waals surface area contributed by atoms with E-state index in [9.17, 15) is 18.4 Å². The number of amides is 1. The maximum Gasteiger partial charge on any atom is 0.311 e. The summed E-state index contributed by atoms with van der Waals surface area (Å²) in [6, 6.07) is 12.1. The van der Waals surface area contributed by atoms with Crippen LogP contribution in [0.2, 0.25) is 0 Å². The highest BCUT2D eigenvalue weighted by atomic mass is 19.1. The number of hydrogen-bond donors (Lipinski definition) is 1. The van der Waals surface area contributed by atoms with Crippen LogP contribution in [-0.4, -0.2) is 23.0 Å². The second-order valence-electron chi connectivity index (χ2n) is 5.96. The number of fused-ring (bicyclic) bond motifs is 1. The van der Waals surface area contributed by atoms with Gasteiger partial charge in [-0.2, -0.15) is 0 Å². The van der Waals surface area contributed by atoms with Gasteiger partial charge in [-0.1, -0.05) is 18.2 Å². The number of carbonyl (C=O) groups is 2. The van der Waals surface area contributed by atoms with Gasteiger partial charge in [0, 0.05) is 17.6 Å². The van der Waals surface area contributed by atoms with Crippen LogP contribution >= 0.6 is 0 Å². The number of nitrogens with zero attached hydrogens (tertiary/aromatic N) is 1. The number of benzene rings is 2. The van der Waals surface area contributed by atoms with Gasteiger partial charge in [0.15, 0.2) is 6.10 Å². The number of para-hydroxylation sites is 1. The summed E-state index contributed by atoms with van der Waals surface area (Å²) in [7, 11) is 0. The van der Waals surface area contributed by atoms with E-state index in [2.05, 4.69) is 10.3 Å². The molecule has 1 N–H and O–H groups in total. The third kappa shape index (κ3) is 4.63. The van der Waals surface area contributed by atoms with Crippen molar-refractivity contribution >= 4 is 28.5 Å². The van der Waals surface area contributed by atoms with Crippen molar-refractivity contribution in [2.75, 3.05) is 5.32 Å². The number of anilines is 1. The zero-order valence-corrected chi connectivity index (χ0v) is 14.4. The molecule has 0 spiro atoms. The summed E-state index contributed by atoms with van der Waals surface area (Å²) in [6.45, 7) is 1.37. The number of rotatable bonds is 5. The van der Waals surface area contributed by atoms with Gasteiger partial charge in [-0.15, -0.1) is 0 Å². The first-order valence-corrected chi connectivity index (χ1v) is 8.21. The molecular weight excluding hydrogens is 354 g/mol. The van der Waals surface area contributed by atoms with Crippen LogP contribution in [-0.2, 0) is 20.7 Å². The van der Waals surface area contributed by atoms with Crippen LogP contribution in [0, 0.1) is 11.6 Å². The molecule has 0 aliphatic heterocycles. The first kappa shape index (κ1) is 18.4. The van der Waals surface area contributed by atoms with Crippen molar-refractivity contribution in [3.63, 3.8) is 0 Å². The van der Waals surface area contributed by atoms with Gasteiger partial charge in [-0.25, -0.2) is 8.78 Å². The lowest BCUT2D eigenvalue weighted by atomic mass is 10.1. The molecule has 1 aromatic heterocycles. The largest absolute Gasteiger partial charge is 0.452 e. The molecule has 0 aliphatic rings. The molecule has 0 radical (unpaired) electrons. The molecule has 3 aromatic rings. The van der Waals surface area contributed by atoms with E-state index in [1.54, 1.807) is 6.20 Å². The molecule has 2 aromatic carbocycles. The number of ether oxygens (including phenoxy) is 1. The summed E-state index contributed by atoms with van der Waals surface area (Å²) >= 11 is 0. The van der Waals surface area contributed by atoms with Gasteiger partial charge in [0.05, 0.1) is 17.6 Å². The third-order valence-electron chi connectivity index (χ3n) is 3.86. The first-order valence-electron chi connectivity index (χ1n) is 8.21. The zero-order chi connectivity index (χ0) is 19.4. The van der Waals surface area contributed by atoms with Crippen molar-refractivity contribution in [2.24, 2.45) is 0 Å². The van der Waals surface area contributed by atoms with Gasteiger partial charge in [-0.05, 0) is 36.8 Å². The standard InChI is InChI=1S/C20H16F2N2O3/c1-12(20(26)24-18-7-6-15(21)10-16(18)22)27-19(25)9-13-8-14-4-2-3-5-17(14)23-11-13/h2-8,10-12H,9H2,1H3,(H,24,26)/t12-/m0/s1. The molecule has 27 heavy (non-hydrogen) atoms. The van der Waals surface area contributed by atoms with Crippen molar-refractivity contribution in [1.82, 2.24) is 4.98 Å². The lowest BCUT2D eigenvalue weighted by Gasteiger charge is -2.14. The Labute approximate surface area is 154 Å². The highest BCUT2D eigenvalue weighted by Gasteiger charge is 2.19. The molecule has 1 amide bonds. The highest BCUT2D eigenvalue weighted by molar-refractivity contribution is 5.95. The Morgan fingerprint density at radius 3 is 2.70 bits per heavy atom. The summed E-state index contributed by atoms with van der Waals surface area (Å²) in [5, 5.41) is 3.15. The molecule has 1 atom stereocenters. The molecule has 0 fully saturated rings. The smallest absolute Gasteiger partial charge is 0.311 e. The Hall–Kier alpha value is -3.35. The normalized spacial score (nSPS) is 11.8. The van der Waals surface area contributed by atoms with Gasteiger partial charge in [0.1, 0.15) is 11.6 Å². The van der Waals surface area contributed by atoms with Crippen LogP contribution in [0.15, 0.2) is 54.7 Å². The van der Waals surface area contributed by atoms with E-state index in [-0.39, 0.29) is 12.1 Å². The monoisotopic (exact) mass is 370 g/mol. The van der Waals surface area contributed by atoms with Crippen molar-refractivity contribution in [2.45, 2.75) is 19.4 Å². The minimum atomic E-state index is -1.14. The summed E-state index contributed by atoms with van der Waals surface area (Å²) < 4.78 is 31.6. The average molecular weight is 370 g/mol. The molecule has 0 unspecified atom stereocenters. The quantitative estimate of drug-likeness (QED) is 0.697. The number of aromatic nitrogens is 1. The number of pyridine rings is 1. The van der Waals surface area contributed by atoms with Gasteiger partial charge < -0.3 is 10.1 Å². The average Bonchev–Trinajstić information content (AvgIpc) is 2.63. The number of hydrogen-bond acceptors (Lipinski definition) is 4. The van der Waals surface area contributed by atoms with Crippen LogP contribution in [0.25, 0.3) is 10.9 Å². The van der Waals surface area contributed by atoms with E-state index in [1.165, 1.54) is 6.92 Å². The second kappa shape index (κ2) is 7.90. The number of halogens is 2. The van der Waals surface area contributed by atoms with E-state index < -0.39 is 29.6 Å². The fourth-order valence-corrected chi connectivity index (χ4v) is 2.50. The second-order valence-corrected chi connectivity index (χ2v) is 5.96. The molecule has 0 bridgehead atoms. The Bertz CT molecular complexity index is 1010. The lowest BCUT2D eigenvalue weighted by molar-refractivity contribution is -0.152. The zero-order valence-electron chi connectivity index (χ0n) is 14.4. The van der Waals surface area contributed by atoms with E-state index >= 15 is 0 Å². The molecule has 3 rings (SSSR count). The summed E-state index contributed by atoms with van der Waals surface area (Å²) in [5.74, 6) is -3.00. The SMILES string of the molecule is C[C@H](OC(=O)Cc1cnc2ccccc2c1)C(=O)Nc1ccc(F)cc1F. The Balaban J connectivity index is 1.59. The minimum absolute atomic E-state index is 0.0552. The van der Waals surface area contributed by atoms with Crippen LogP contribution < -0.4 is 5.32 Å². The molecule has 0 saturated heterocycles. The predicted molar refractivity (Wildman–Crippen MR) is 96.0 cm³/mol. The molecule has 5 nitrogen and oxygen atoms in total. The van der Waals surface area contributed by atoms with E-state index in [0.717, 1.165) is 23.0 Å². The van der Waals surface area contributed by atoms with E-state index in [0.29, 0.717) is 11.6 Å². The van der Waals surface area contributed by atoms with Crippen molar-refractivity contribution in [3.05, 3.63) is 71.9 Å². The number of esters is 1. The molecule has 0 saturated carbocycles. The lowest BCUT2D eigenvalue weighted by Crippen LogP contribution is -2.30. The van der Waals surface area contributed by atoms with Crippen molar-refractivity contribution < 1.29 is 23.1 Å². The maximum absolute atomic E-state index is 13.6. The minimum Gasteiger partial charge on any atom is -0.452 e. The number of carbonyl (C=O) groups excluding carboxylic acids is 2. The van der Waals surface area contributed by atoms with Crippen LogP contribution in [0.3, 0.4) is 0 Å². The van der Waals surface area contributed by atoms with Gasteiger partial charge >= 0.3 is 5.97 Å². The Morgan fingerprint density at radius 1 is 1.15 bits per heavy atom. The van der Waals surface area contributed by atoms with E-state index in [4.69, 9.17) is 4.74 Å². The summed E-state index contributed by atoms with van der Waals surface area (Å²) in [6.07, 6.45) is 0.373. The summed E-state index contributed by atoms with van der Waals surface area (Å²) in [5.41, 5.74) is 1.27. The van der Waals surface area contributed by atoms with Crippen LogP contribution in [0.5, 0.6) is 0 Å².